The number of nitrogens with one attached hydrogen (secondary N) is 1. The van der Waals surface area contributed by atoms with Crippen LogP contribution in [0.3, 0.4) is 0 Å². The SMILES string of the molecule is C[C@H](C(=O)Nc1ccccc1[N+](=O)[O-])N1CCN(Cc2cn3ccccc3n2)CC1. The Morgan fingerprint density at radius 3 is 2.63 bits per heavy atom. The number of piperazine rings is 1. The van der Waals surface area contributed by atoms with Gasteiger partial charge >= 0.3 is 0 Å². The fourth-order valence-corrected chi connectivity index (χ4v) is 3.74. The van der Waals surface area contributed by atoms with Crippen molar-refractivity contribution in [2.45, 2.75) is 19.5 Å². The molecule has 4 rings (SSSR count). The van der Waals surface area contributed by atoms with E-state index in [0.717, 1.165) is 44.1 Å². The fraction of sp³-hybridized carbons (Fsp3) is 0.333. The highest BCUT2D eigenvalue weighted by Crippen LogP contribution is 2.23. The monoisotopic (exact) mass is 408 g/mol. The number of fused-ring (bicyclic) bond motifs is 1. The molecule has 0 aliphatic carbocycles. The molecule has 1 saturated heterocycles. The third-order valence-electron chi connectivity index (χ3n) is 5.49. The van der Waals surface area contributed by atoms with Gasteiger partial charge in [-0.25, -0.2) is 4.98 Å². The Morgan fingerprint density at radius 2 is 1.90 bits per heavy atom. The average Bonchev–Trinajstić information content (AvgIpc) is 3.16. The largest absolute Gasteiger partial charge is 0.319 e. The summed E-state index contributed by atoms with van der Waals surface area (Å²) in [7, 11) is 0. The maximum atomic E-state index is 12.7. The van der Waals surface area contributed by atoms with E-state index in [1.165, 1.54) is 6.07 Å². The summed E-state index contributed by atoms with van der Waals surface area (Å²) >= 11 is 0. The molecule has 1 aliphatic rings. The molecule has 1 aliphatic heterocycles. The smallest absolute Gasteiger partial charge is 0.292 e. The lowest BCUT2D eigenvalue weighted by molar-refractivity contribution is -0.383. The summed E-state index contributed by atoms with van der Waals surface area (Å²) in [6.45, 7) is 5.76. The van der Waals surface area contributed by atoms with Gasteiger partial charge in [0.15, 0.2) is 0 Å². The highest BCUT2D eigenvalue weighted by Gasteiger charge is 2.27. The van der Waals surface area contributed by atoms with Crippen molar-refractivity contribution < 1.29 is 9.72 Å². The van der Waals surface area contributed by atoms with Crippen molar-refractivity contribution in [3.8, 4) is 0 Å². The number of hydrogen-bond donors (Lipinski definition) is 1. The number of carbonyl (C=O) groups is 1. The standard InChI is InChI=1S/C21H24N6O3/c1-16(21(28)23-18-6-2-3-7-19(18)27(29)30)25-12-10-24(11-13-25)14-17-15-26-9-5-4-8-20(26)22-17/h2-9,15-16H,10-14H2,1H3,(H,23,28)/t16-/m1/s1. The Labute approximate surface area is 174 Å². The summed E-state index contributed by atoms with van der Waals surface area (Å²) in [6, 6.07) is 11.8. The summed E-state index contributed by atoms with van der Waals surface area (Å²) in [4.78, 5) is 32.4. The summed E-state index contributed by atoms with van der Waals surface area (Å²) in [6.07, 6.45) is 4.03. The quantitative estimate of drug-likeness (QED) is 0.497. The first-order valence-corrected chi connectivity index (χ1v) is 9.94. The fourth-order valence-electron chi connectivity index (χ4n) is 3.74. The molecule has 3 heterocycles. The number of para-hydroxylation sites is 2. The van der Waals surface area contributed by atoms with E-state index in [0.29, 0.717) is 0 Å². The molecule has 1 atom stereocenters. The van der Waals surface area contributed by atoms with E-state index in [-0.39, 0.29) is 23.3 Å². The van der Waals surface area contributed by atoms with Gasteiger partial charge in [0.1, 0.15) is 11.3 Å². The molecular weight excluding hydrogens is 384 g/mol. The number of benzene rings is 1. The zero-order valence-corrected chi connectivity index (χ0v) is 16.8. The van der Waals surface area contributed by atoms with Gasteiger partial charge < -0.3 is 9.72 Å². The zero-order valence-electron chi connectivity index (χ0n) is 16.8. The molecule has 1 fully saturated rings. The zero-order chi connectivity index (χ0) is 21.1. The molecule has 0 saturated carbocycles. The first-order chi connectivity index (χ1) is 14.5. The maximum Gasteiger partial charge on any atom is 0.292 e. The number of hydrogen-bond acceptors (Lipinski definition) is 6. The second kappa shape index (κ2) is 8.60. The van der Waals surface area contributed by atoms with Crippen molar-refractivity contribution in [2.24, 2.45) is 0 Å². The molecule has 9 nitrogen and oxygen atoms in total. The number of nitro groups is 1. The number of carbonyl (C=O) groups excluding carboxylic acids is 1. The number of anilines is 1. The van der Waals surface area contributed by atoms with E-state index >= 15 is 0 Å². The van der Waals surface area contributed by atoms with Crippen molar-refractivity contribution in [1.82, 2.24) is 19.2 Å². The highest BCUT2D eigenvalue weighted by molar-refractivity contribution is 5.96. The Kier molecular flexibility index (Phi) is 5.73. The number of nitro benzene ring substituents is 1. The predicted octanol–water partition coefficient (Wildman–Crippen LogP) is 2.39. The molecule has 0 radical (unpaired) electrons. The van der Waals surface area contributed by atoms with Crippen molar-refractivity contribution >= 4 is 22.9 Å². The predicted molar refractivity (Wildman–Crippen MR) is 113 cm³/mol. The molecule has 1 N–H and O–H groups in total. The first kappa shape index (κ1) is 20.0. The van der Waals surface area contributed by atoms with Crippen molar-refractivity contribution in [3.05, 3.63) is 70.7 Å². The van der Waals surface area contributed by atoms with E-state index in [9.17, 15) is 14.9 Å². The molecule has 30 heavy (non-hydrogen) atoms. The topological polar surface area (TPSA) is 96.0 Å². The van der Waals surface area contributed by atoms with Gasteiger partial charge in [0.2, 0.25) is 5.91 Å². The summed E-state index contributed by atoms with van der Waals surface area (Å²) in [5.74, 6) is -0.238. The molecule has 3 aromatic rings. The molecule has 1 amide bonds. The van der Waals surface area contributed by atoms with Crippen LogP contribution in [0.15, 0.2) is 54.9 Å². The Balaban J connectivity index is 1.32. The van der Waals surface area contributed by atoms with Crippen LogP contribution >= 0.6 is 0 Å². The van der Waals surface area contributed by atoms with Gasteiger partial charge in [-0.15, -0.1) is 0 Å². The lowest BCUT2D eigenvalue weighted by Crippen LogP contribution is -2.52. The van der Waals surface area contributed by atoms with Gasteiger partial charge in [-0.2, -0.15) is 0 Å². The number of rotatable bonds is 6. The molecule has 156 valence electrons. The normalized spacial score (nSPS) is 16.4. The Bertz CT molecular complexity index is 1020. The van der Waals surface area contributed by atoms with Crippen molar-refractivity contribution in [1.29, 1.82) is 0 Å². The summed E-state index contributed by atoms with van der Waals surface area (Å²) in [5, 5.41) is 13.9. The Hall–Kier alpha value is -3.30. The van der Waals surface area contributed by atoms with E-state index in [2.05, 4.69) is 20.1 Å². The minimum absolute atomic E-state index is 0.102. The lowest BCUT2D eigenvalue weighted by Gasteiger charge is -2.37. The molecule has 0 unspecified atom stereocenters. The third kappa shape index (κ3) is 4.32. The maximum absolute atomic E-state index is 12.7. The van der Waals surface area contributed by atoms with Gasteiger partial charge in [0, 0.05) is 51.2 Å². The van der Waals surface area contributed by atoms with Gasteiger partial charge in [-0.3, -0.25) is 24.7 Å². The summed E-state index contributed by atoms with van der Waals surface area (Å²) < 4.78 is 2.01. The van der Waals surface area contributed by atoms with Gasteiger partial charge in [0.05, 0.1) is 16.7 Å². The van der Waals surface area contributed by atoms with Crippen LogP contribution in [0.5, 0.6) is 0 Å². The van der Waals surface area contributed by atoms with Crippen molar-refractivity contribution in [3.63, 3.8) is 0 Å². The van der Waals surface area contributed by atoms with Crippen LogP contribution in [0, 0.1) is 10.1 Å². The lowest BCUT2D eigenvalue weighted by atomic mass is 10.2. The highest BCUT2D eigenvalue weighted by atomic mass is 16.6. The van der Waals surface area contributed by atoms with Crippen LogP contribution in [0.1, 0.15) is 12.6 Å². The van der Waals surface area contributed by atoms with E-state index < -0.39 is 4.92 Å². The molecule has 9 heteroatoms. The Morgan fingerprint density at radius 1 is 1.17 bits per heavy atom. The van der Waals surface area contributed by atoms with Crippen molar-refractivity contribution in [2.75, 3.05) is 31.5 Å². The number of imidazole rings is 1. The number of pyridine rings is 1. The van der Waals surface area contributed by atoms with Gasteiger partial charge in [-0.1, -0.05) is 18.2 Å². The third-order valence-corrected chi connectivity index (χ3v) is 5.49. The van der Waals surface area contributed by atoms with E-state index in [4.69, 9.17) is 0 Å². The average molecular weight is 408 g/mol. The number of nitrogens with zero attached hydrogens (tertiary/aromatic N) is 5. The second-order valence-corrected chi connectivity index (χ2v) is 7.45. The minimum Gasteiger partial charge on any atom is -0.319 e. The molecule has 0 spiro atoms. The molecule has 0 bridgehead atoms. The van der Waals surface area contributed by atoms with E-state index in [1.807, 2.05) is 41.9 Å². The van der Waals surface area contributed by atoms with Crippen LogP contribution in [-0.2, 0) is 11.3 Å². The van der Waals surface area contributed by atoms with Gasteiger partial charge in [-0.05, 0) is 25.1 Å². The van der Waals surface area contributed by atoms with Gasteiger partial charge in [0.25, 0.3) is 5.69 Å². The molecule has 2 aromatic heterocycles. The van der Waals surface area contributed by atoms with Crippen LogP contribution in [0.2, 0.25) is 0 Å². The van der Waals surface area contributed by atoms with Crippen LogP contribution in [0.25, 0.3) is 5.65 Å². The first-order valence-electron chi connectivity index (χ1n) is 9.94. The van der Waals surface area contributed by atoms with Crippen LogP contribution in [-0.4, -0.2) is 62.2 Å². The molecule has 1 aromatic carbocycles. The van der Waals surface area contributed by atoms with Crippen LogP contribution in [0.4, 0.5) is 11.4 Å². The van der Waals surface area contributed by atoms with Crippen LogP contribution < -0.4 is 5.32 Å². The second-order valence-electron chi connectivity index (χ2n) is 7.45. The number of amides is 1. The molecular formula is C21H24N6O3. The summed E-state index contributed by atoms with van der Waals surface area (Å²) in [5.41, 5.74) is 2.09. The number of aromatic nitrogens is 2. The minimum atomic E-state index is -0.488. The van der Waals surface area contributed by atoms with E-state index in [1.54, 1.807) is 18.2 Å².